The van der Waals surface area contributed by atoms with Crippen LogP contribution >= 0.6 is 11.6 Å². The second-order valence-electron chi connectivity index (χ2n) is 12.9. The number of phenolic OH excluding ortho intramolecular Hbond substituents is 1. The molecule has 1 N–H and O–H groups in total. The molecule has 49 heavy (non-hydrogen) atoms. The fourth-order valence-corrected chi connectivity index (χ4v) is 6.82. The summed E-state index contributed by atoms with van der Waals surface area (Å²) in [4.78, 5) is 27.3. The summed E-state index contributed by atoms with van der Waals surface area (Å²) in [6.45, 7) is 4.55. The summed E-state index contributed by atoms with van der Waals surface area (Å²) in [5.74, 6) is 2.53. The number of rotatable bonds is 8. The molecule has 6 heterocycles. The molecule has 1 aliphatic carbocycles. The average Bonchev–Trinajstić information content (AvgIpc) is 3.54. The van der Waals surface area contributed by atoms with Gasteiger partial charge in [-0.25, -0.2) is 14.6 Å². The predicted octanol–water partition coefficient (Wildman–Crippen LogP) is 6.51. The second kappa shape index (κ2) is 12.1. The van der Waals surface area contributed by atoms with Crippen molar-refractivity contribution in [3.05, 3.63) is 95.0 Å². The Balaban J connectivity index is 1.17. The maximum absolute atomic E-state index is 13.5. The monoisotopic (exact) mass is 675 g/mol. The number of nitrogens with zero attached hydrogens (tertiary/aromatic N) is 7. The van der Waals surface area contributed by atoms with Crippen molar-refractivity contribution in [2.24, 2.45) is 0 Å². The van der Waals surface area contributed by atoms with Gasteiger partial charge in [0.15, 0.2) is 11.0 Å². The van der Waals surface area contributed by atoms with Crippen LogP contribution in [0.2, 0.25) is 5.22 Å². The number of halogens is 1. The van der Waals surface area contributed by atoms with Crippen LogP contribution in [0.4, 0.5) is 5.82 Å². The lowest BCUT2D eigenvalue weighted by atomic mass is 10.1. The van der Waals surface area contributed by atoms with Crippen molar-refractivity contribution >= 4 is 34.4 Å². The van der Waals surface area contributed by atoms with Gasteiger partial charge in [-0.05, 0) is 103 Å². The minimum absolute atomic E-state index is 0.0458. The Hall–Kier alpha value is -5.13. The van der Waals surface area contributed by atoms with E-state index in [1.807, 2.05) is 41.2 Å². The normalized spacial score (nSPS) is 16.3. The number of aromatic hydroxyl groups is 1. The Morgan fingerprint density at radius 3 is 2.57 bits per heavy atom. The van der Waals surface area contributed by atoms with E-state index in [2.05, 4.69) is 26.6 Å². The van der Waals surface area contributed by atoms with E-state index in [1.54, 1.807) is 29.2 Å². The number of hydrogen-bond acceptors (Lipinski definition) is 8. The maximum atomic E-state index is 13.5. The molecule has 3 fully saturated rings. The average molecular weight is 676 g/mol. The van der Waals surface area contributed by atoms with E-state index in [4.69, 9.17) is 30.8 Å². The number of hydrogen-bond donors (Lipinski definition) is 1. The molecule has 6 aromatic rings. The third-order valence-electron chi connectivity index (χ3n) is 9.64. The van der Waals surface area contributed by atoms with Crippen LogP contribution in [0.15, 0.2) is 77.3 Å². The fraction of sp³-hybridized carbons (Fsp3) is 0.297. The van der Waals surface area contributed by atoms with Gasteiger partial charge in [-0.15, -0.1) is 0 Å². The summed E-state index contributed by atoms with van der Waals surface area (Å²) >= 11 is 6.17. The highest BCUT2D eigenvalue weighted by molar-refractivity contribution is 6.29. The second-order valence-corrected chi connectivity index (χ2v) is 13.3. The summed E-state index contributed by atoms with van der Waals surface area (Å²) in [5.41, 5.74) is 6.29. The van der Waals surface area contributed by atoms with Crippen molar-refractivity contribution in [2.75, 3.05) is 44.3 Å². The topological polar surface area (TPSA) is 115 Å². The van der Waals surface area contributed by atoms with Crippen molar-refractivity contribution in [3.63, 3.8) is 0 Å². The first-order valence-corrected chi connectivity index (χ1v) is 17.1. The zero-order chi connectivity index (χ0) is 33.1. The highest BCUT2D eigenvalue weighted by Gasteiger charge is 2.29. The molecule has 2 aromatic carbocycles. The van der Waals surface area contributed by atoms with E-state index >= 15 is 0 Å². The molecular formula is C37H34ClN7O4. The molecule has 12 heteroatoms. The number of amides is 1. The fourth-order valence-electron chi connectivity index (χ4n) is 6.67. The lowest BCUT2D eigenvalue weighted by Crippen LogP contribution is -2.40. The highest BCUT2D eigenvalue weighted by Crippen LogP contribution is 2.42. The van der Waals surface area contributed by atoms with Crippen LogP contribution in [-0.2, 0) is 11.3 Å². The maximum Gasteiger partial charge on any atom is 0.254 e. The zero-order valence-corrected chi connectivity index (χ0v) is 27.5. The van der Waals surface area contributed by atoms with E-state index in [0.717, 1.165) is 71.8 Å². The van der Waals surface area contributed by atoms with Crippen molar-refractivity contribution in [1.29, 1.82) is 0 Å². The van der Waals surface area contributed by atoms with Gasteiger partial charge < -0.3 is 28.6 Å². The number of ether oxygens (including phenoxy) is 1. The van der Waals surface area contributed by atoms with Gasteiger partial charge in [-0.3, -0.25) is 4.79 Å². The molecule has 3 aliphatic rings. The summed E-state index contributed by atoms with van der Waals surface area (Å²) in [5, 5.41) is 16.6. The molecule has 1 saturated carbocycles. The molecule has 0 bridgehead atoms. The molecular weight excluding hydrogens is 642 g/mol. The first kappa shape index (κ1) is 30.0. The van der Waals surface area contributed by atoms with Gasteiger partial charge in [0.1, 0.15) is 23.1 Å². The highest BCUT2D eigenvalue weighted by atomic mass is 35.5. The van der Waals surface area contributed by atoms with Crippen LogP contribution < -0.4 is 4.90 Å². The number of fused-ring (bicyclic) bond motifs is 1. The van der Waals surface area contributed by atoms with Gasteiger partial charge in [-0.1, -0.05) is 0 Å². The Morgan fingerprint density at radius 1 is 0.959 bits per heavy atom. The largest absolute Gasteiger partial charge is 0.507 e. The molecule has 0 unspecified atom stereocenters. The molecule has 4 aromatic heterocycles. The standard InChI is InChI=1S/C37H34ClN7O4/c38-34-9-8-33(49-34)31-21-28(24-2-3-24)41-45(31)26-5-6-30-29(20-26)40-36(44(30)22-23-10-11-39-35(18-23)42-12-1-13-42)27-19-25(4-7-32(27)46)37(47)43-14-16-48-17-15-43/h4-11,18-21,24,46H,1-3,12-17,22H2. The number of carbonyl (C=O) groups is 1. The van der Waals surface area contributed by atoms with E-state index < -0.39 is 0 Å². The lowest BCUT2D eigenvalue weighted by Gasteiger charge is -2.32. The van der Waals surface area contributed by atoms with Crippen LogP contribution in [0.1, 0.15) is 46.8 Å². The zero-order valence-electron chi connectivity index (χ0n) is 26.8. The molecule has 2 saturated heterocycles. The number of benzene rings is 2. The molecule has 2 aliphatic heterocycles. The minimum Gasteiger partial charge on any atom is -0.507 e. The number of phenols is 1. The number of pyridine rings is 1. The Kier molecular flexibility index (Phi) is 7.39. The summed E-state index contributed by atoms with van der Waals surface area (Å²) in [6.07, 6.45) is 5.24. The number of morpholine rings is 1. The Bertz CT molecular complexity index is 2210. The van der Waals surface area contributed by atoms with Gasteiger partial charge in [-0.2, -0.15) is 5.10 Å². The van der Waals surface area contributed by atoms with Gasteiger partial charge in [0.25, 0.3) is 5.91 Å². The minimum atomic E-state index is -0.0986. The SMILES string of the molecule is O=C(c1ccc(O)c(-c2nc3cc(-n4nc(C5CC5)cc4-c4ccc(Cl)o4)ccc3n2Cc2ccnc(N3CCC3)c2)c1)N1CCOCC1. The Labute approximate surface area is 287 Å². The van der Waals surface area contributed by atoms with E-state index in [9.17, 15) is 9.90 Å². The molecule has 248 valence electrons. The molecule has 1 amide bonds. The first-order chi connectivity index (χ1) is 24.0. The molecule has 11 nitrogen and oxygen atoms in total. The number of carbonyl (C=O) groups excluding carboxylic acids is 1. The molecule has 9 rings (SSSR count). The smallest absolute Gasteiger partial charge is 0.254 e. The third-order valence-corrected chi connectivity index (χ3v) is 9.84. The molecule has 0 spiro atoms. The number of furan rings is 1. The lowest BCUT2D eigenvalue weighted by molar-refractivity contribution is 0.0303. The van der Waals surface area contributed by atoms with Gasteiger partial charge >= 0.3 is 0 Å². The van der Waals surface area contributed by atoms with Crippen LogP contribution in [0.25, 0.3) is 39.6 Å². The van der Waals surface area contributed by atoms with Crippen LogP contribution in [0.5, 0.6) is 5.75 Å². The first-order valence-electron chi connectivity index (χ1n) is 16.7. The quantitative estimate of drug-likeness (QED) is 0.194. The number of anilines is 1. The van der Waals surface area contributed by atoms with Gasteiger partial charge in [0.2, 0.25) is 0 Å². The number of imidazole rings is 1. The summed E-state index contributed by atoms with van der Waals surface area (Å²) in [7, 11) is 0. The van der Waals surface area contributed by atoms with Crippen LogP contribution in [-0.4, -0.2) is 79.6 Å². The predicted molar refractivity (Wildman–Crippen MR) is 186 cm³/mol. The van der Waals surface area contributed by atoms with E-state index in [-0.39, 0.29) is 11.7 Å². The van der Waals surface area contributed by atoms with Crippen LogP contribution in [0.3, 0.4) is 0 Å². The van der Waals surface area contributed by atoms with Crippen LogP contribution in [0, 0.1) is 0 Å². The summed E-state index contributed by atoms with van der Waals surface area (Å²) in [6, 6.07) is 20.9. The van der Waals surface area contributed by atoms with Gasteiger partial charge in [0.05, 0.1) is 41.2 Å². The Morgan fingerprint density at radius 2 is 1.82 bits per heavy atom. The van der Waals surface area contributed by atoms with Gasteiger partial charge in [0, 0.05) is 50.4 Å². The van der Waals surface area contributed by atoms with Crippen molar-refractivity contribution in [2.45, 2.75) is 31.7 Å². The molecule has 0 radical (unpaired) electrons. The van der Waals surface area contributed by atoms with Crippen molar-refractivity contribution in [3.8, 4) is 34.3 Å². The summed E-state index contributed by atoms with van der Waals surface area (Å²) < 4.78 is 15.3. The number of aromatic nitrogens is 5. The van der Waals surface area contributed by atoms with E-state index in [1.165, 1.54) is 0 Å². The van der Waals surface area contributed by atoms with E-state index in [0.29, 0.717) is 66.7 Å². The van der Waals surface area contributed by atoms with Crippen molar-refractivity contribution in [1.82, 2.24) is 29.2 Å². The third kappa shape index (κ3) is 5.62. The molecule has 0 atom stereocenters. The van der Waals surface area contributed by atoms with Crippen molar-refractivity contribution < 1.29 is 19.1 Å².